The molecule has 0 aromatic rings. The largest absolute Gasteiger partial charge is 0.385 e. The smallest absolute Gasteiger partial charge is 0.239 e. The molecule has 0 aromatic carbocycles. The monoisotopic (exact) mass is 283 g/mol. The fourth-order valence-corrected chi connectivity index (χ4v) is 2.51. The van der Waals surface area contributed by atoms with E-state index in [2.05, 4.69) is 5.32 Å². The molecule has 1 aliphatic carbocycles. The van der Waals surface area contributed by atoms with Gasteiger partial charge in [0, 0.05) is 38.8 Å². The molecule has 1 saturated carbocycles. The Kier molecular flexibility index (Phi) is 5.37. The second kappa shape index (κ2) is 7.04. The number of nitrogens with one attached hydrogen (secondary N) is 1. The Labute approximate surface area is 120 Å². The molecular formula is C14H25N3O3. The summed E-state index contributed by atoms with van der Waals surface area (Å²) in [6.45, 7) is 1.85. The van der Waals surface area contributed by atoms with Gasteiger partial charge in [0.1, 0.15) is 0 Å². The van der Waals surface area contributed by atoms with Crippen molar-refractivity contribution >= 4 is 11.8 Å². The van der Waals surface area contributed by atoms with Gasteiger partial charge in [-0.1, -0.05) is 0 Å². The molecule has 1 saturated heterocycles. The van der Waals surface area contributed by atoms with Crippen LogP contribution in [0.1, 0.15) is 32.1 Å². The van der Waals surface area contributed by atoms with E-state index < -0.39 is 6.04 Å². The Hall–Kier alpha value is -1.14. The third-order valence-corrected chi connectivity index (χ3v) is 4.05. The summed E-state index contributed by atoms with van der Waals surface area (Å²) in [5, 5.41) is 3.08. The molecule has 0 radical (unpaired) electrons. The molecule has 0 aromatic heterocycles. The van der Waals surface area contributed by atoms with Crippen LogP contribution in [0, 0.1) is 5.92 Å². The summed E-state index contributed by atoms with van der Waals surface area (Å²) in [7, 11) is 1.60. The number of piperidine rings is 1. The molecule has 1 unspecified atom stereocenters. The number of carbonyl (C=O) groups excluding carboxylic acids is 2. The van der Waals surface area contributed by atoms with Crippen LogP contribution in [0.2, 0.25) is 0 Å². The highest BCUT2D eigenvalue weighted by atomic mass is 16.5. The summed E-state index contributed by atoms with van der Waals surface area (Å²) in [6.07, 6.45) is 4.24. The van der Waals surface area contributed by atoms with Crippen molar-refractivity contribution in [2.45, 2.75) is 44.2 Å². The van der Waals surface area contributed by atoms with Gasteiger partial charge in [0.05, 0.1) is 6.04 Å². The number of hydrogen-bond donors (Lipinski definition) is 2. The van der Waals surface area contributed by atoms with Gasteiger partial charge in [0.15, 0.2) is 0 Å². The van der Waals surface area contributed by atoms with Gasteiger partial charge in [-0.2, -0.15) is 0 Å². The van der Waals surface area contributed by atoms with Crippen LogP contribution in [-0.2, 0) is 14.3 Å². The first-order valence-corrected chi connectivity index (χ1v) is 7.45. The van der Waals surface area contributed by atoms with Crippen molar-refractivity contribution in [1.82, 2.24) is 10.2 Å². The molecule has 1 aliphatic heterocycles. The van der Waals surface area contributed by atoms with Gasteiger partial charge >= 0.3 is 0 Å². The number of likely N-dealkylation sites (tertiary alicyclic amines) is 1. The van der Waals surface area contributed by atoms with E-state index in [4.69, 9.17) is 10.5 Å². The SMILES string of the molecule is COCCC(N)C(=O)N1CCC(NC(=O)C2CC2)CC1. The lowest BCUT2D eigenvalue weighted by atomic mass is 10.0. The Balaban J connectivity index is 1.70. The molecule has 20 heavy (non-hydrogen) atoms. The number of hydrogen-bond acceptors (Lipinski definition) is 4. The Bertz CT molecular complexity index is 350. The molecule has 0 bridgehead atoms. The first-order valence-electron chi connectivity index (χ1n) is 7.45. The van der Waals surface area contributed by atoms with Gasteiger partial charge in [-0.05, 0) is 32.1 Å². The Morgan fingerprint density at radius 1 is 1.30 bits per heavy atom. The minimum atomic E-state index is -0.479. The van der Waals surface area contributed by atoms with Crippen LogP contribution in [0.5, 0.6) is 0 Å². The zero-order valence-corrected chi connectivity index (χ0v) is 12.1. The fraction of sp³-hybridized carbons (Fsp3) is 0.857. The van der Waals surface area contributed by atoms with E-state index in [9.17, 15) is 9.59 Å². The molecule has 2 aliphatic rings. The van der Waals surface area contributed by atoms with Crippen molar-refractivity contribution < 1.29 is 14.3 Å². The van der Waals surface area contributed by atoms with E-state index in [0.717, 1.165) is 25.7 Å². The summed E-state index contributed by atoms with van der Waals surface area (Å²) >= 11 is 0. The van der Waals surface area contributed by atoms with Gasteiger partial charge in [-0.15, -0.1) is 0 Å². The van der Waals surface area contributed by atoms with Crippen molar-refractivity contribution in [3.63, 3.8) is 0 Å². The number of amides is 2. The summed E-state index contributed by atoms with van der Waals surface area (Å²) in [4.78, 5) is 25.6. The highest BCUT2D eigenvalue weighted by Gasteiger charge is 2.32. The maximum atomic E-state index is 12.1. The number of carbonyl (C=O) groups is 2. The Morgan fingerprint density at radius 3 is 2.50 bits per heavy atom. The third kappa shape index (κ3) is 4.18. The normalized spacial score (nSPS) is 21.6. The topological polar surface area (TPSA) is 84.7 Å². The lowest BCUT2D eigenvalue weighted by Gasteiger charge is -2.33. The third-order valence-electron chi connectivity index (χ3n) is 4.05. The number of nitrogens with two attached hydrogens (primary N) is 1. The van der Waals surface area contributed by atoms with Crippen LogP contribution in [-0.4, -0.2) is 55.6 Å². The Morgan fingerprint density at radius 2 is 1.95 bits per heavy atom. The van der Waals surface area contributed by atoms with E-state index in [1.165, 1.54) is 0 Å². The van der Waals surface area contributed by atoms with Gasteiger partial charge in [-0.3, -0.25) is 9.59 Å². The van der Waals surface area contributed by atoms with Crippen LogP contribution in [0.15, 0.2) is 0 Å². The molecule has 2 amide bonds. The molecule has 1 atom stereocenters. The van der Waals surface area contributed by atoms with Crippen molar-refractivity contribution in [3.8, 4) is 0 Å². The summed E-state index contributed by atoms with van der Waals surface area (Å²) < 4.78 is 4.94. The first-order chi connectivity index (χ1) is 9.61. The maximum absolute atomic E-state index is 12.1. The lowest BCUT2D eigenvalue weighted by molar-refractivity contribution is -0.134. The van der Waals surface area contributed by atoms with E-state index in [0.29, 0.717) is 26.1 Å². The number of rotatable bonds is 6. The van der Waals surface area contributed by atoms with E-state index >= 15 is 0 Å². The van der Waals surface area contributed by atoms with Crippen molar-refractivity contribution in [2.24, 2.45) is 11.7 Å². The lowest BCUT2D eigenvalue weighted by Crippen LogP contribution is -2.51. The standard InChI is InChI=1S/C14H25N3O3/c1-20-9-6-12(15)14(19)17-7-4-11(5-8-17)16-13(18)10-2-3-10/h10-12H,2-9,15H2,1H3,(H,16,18). The quantitative estimate of drug-likeness (QED) is 0.711. The number of ether oxygens (including phenoxy) is 1. The molecule has 2 fully saturated rings. The second-order valence-corrected chi connectivity index (χ2v) is 5.77. The van der Waals surface area contributed by atoms with Crippen molar-refractivity contribution in [3.05, 3.63) is 0 Å². The predicted octanol–water partition coefficient (Wildman–Crippen LogP) is -0.133. The second-order valence-electron chi connectivity index (χ2n) is 5.77. The molecule has 2 rings (SSSR count). The molecule has 6 nitrogen and oxygen atoms in total. The minimum Gasteiger partial charge on any atom is -0.385 e. The van der Waals surface area contributed by atoms with Crippen LogP contribution < -0.4 is 11.1 Å². The zero-order chi connectivity index (χ0) is 14.5. The fourth-order valence-electron chi connectivity index (χ4n) is 2.51. The summed E-state index contributed by atoms with van der Waals surface area (Å²) in [5.41, 5.74) is 5.86. The summed E-state index contributed by atoms with van der Waals surface area (Å²) in [6, 6.07) is -0.269. The molecular weight excluding hydrogens is 258 g/mol. The van der Waals surface area contributed by atoms with E-state index in [-0.39, 0.29) is 23.8 Å². The van der Waals surface area contributed by atoms with Crippen LogP contribution in [0.4, 0.5) is 0 Å². The average molecular weight is 283 g/mol. The highest BCUT2D eigenvalue weighted by Crippen LogP contribution is 2.29. The van der Waals surface area contributed by atoms with Gasteiger partial charge in [0.25, 0.3) is 0 Å². The van der Waals surface area contributed by atoms with Gasteiger partial charge < -0.3 is 20.7 Å². The van der Waals surface area contributed by atoms with E-state index in [1.807, 2.05) is 0 Å². The van der Waals surface area contributed by atoms with Crippen LogP contribution >= 0.6 is 0 Å². The number of nitrogens with zero attached hydrogens (tertiary/aromatic N) is 1. The molecule has 3 N–H and O–H groups in total. The van der Waals surface area contributed by atoms with Crippen LogP contribution in [0.3, 0.4) is 0 Å². The highest BCUT2D eigenvalue weighted by molar-refractivity contribution is 5.82. The molecule has 1 heterocycles. The van der Waals surface area contributed by atoms with Crippen molar-refractivity contribution in [2.75, 3.05) is 26.8 Å². The van der Waals surface area contributed by atoms with Gasteiger partial charge in [0.2, 0.25) is 11.8 Å². The molecule has 6 heteroatoms. The average Bonchev–Trinajstić information content (AvgIpc) is 3.29. The van der Waals surface area contributed by atoms with Crippen LogP contribution in [0.25, 0.3) is 0 Å². The van der Waals surface area contributed by atoms with Crippen molar-refractivity contribution in [1.29, 1.82) is 0 Å². The minimum absolute atomic E-state index is 0.00554. The molecule has 114 valence electrons. The zero-order valence-electron chi connectivity index (χ0n) is 12.1. The first kappa shape index (κ1) is 15.3. The maximum Gasteiger partial charge on any atom is 0.239 e. The van der Waals surface area contributed by atoms with Gasteiger partial charge in [-0.25, -0.2) is 0 Å². The number of methoxy groups -OCH3 is 1. The molecule has 0 spiro atoms. The predicted molar refractivity (Wildman–Crippen MR) is 74.9 cm³/mol. The van der Waals surface area contributed by atoms with E-state index in [1.54, 1.807) is 12.0 Å². The summed E-state index contributed by atoms with van der Waals surface area (Å²) in [5.74, 6) is 0.428.